The molecule has 0 spiro atoms. The topological polar surface area (TPSA) is 35.5 Å². The zero-order chi connectivity index (χ0) is 12.5. The molecule has 3 heteroatoms. The summed E-state index contributed by atoms with van der Waals surface area (Å²) in [7, 11) is 0. The van der Waals surface area contributed by atoms with Crippen LogP contribution in [0.15, 0.2) is 30.3 Å². The number of benzene rings is 1. The number of Topliss-reactive ketones (excluding diaryl/α,β-unsaturated/α-hetero) is 1. The fourth-order valence-electron chi connectivity index (χ4n) is 1.45. The Morgan fingerprint density at radius 3 is 2.65 bits per heavy atom. The van der Waals surface area contributed by atoms with E-state index in [0.717, 1.165) is 5.56 Å². The predicted molar refractivity (Wildman–Crippen MR) is 67.3 cm³/mol. The quantitative estimate of drug-likeness (QED) is 0.651. The lowest BCUT2D eigenvalue weighted by molar-refractivity contribution is -0.00300. The zero-order valence-electron chi connectivity index (χ0n) is 10.5. The lowest BCUT2D eigenvalue weighted by Crippen LogP contribution is -2.18. The van der Waals surface area contributed by atoms with E-state index in [4.69, 9.17) is 9.47 Å². The van der Waals surface area contributed by atoms with E-state index in [0.29, 0.717) is 26.2 Å². The lowest BCUT2D eigenvalue weighted by atomic mass is 10.1. The van der Waals surface area contributed by atoms with Crippen molar-refractivity contribution < 1.29 is 14.3 Å². The minimum atomic E-state index is 0.0403. The van der Waals surface area contributed by atoms with Crippen LogP contribution in [0.2, 0.25) is 0 Å². The van der Waals surface area contributed by atoms with Gasteiger partial charge in [0.15, 0.2) is 5.78 Å². The molecule has 94 valence electrons. The maximum absolute atomic E-state index is 11.7. The normalized spacial score (nSPS) is 12.4. The number of carbonyl (C=O) groups is 1. The molecule has 0 saturated carbocycles. The van der Waals surface area contributed by atoms with Gasteiger partial charge in [-0.15, -0.1) is 0 Å². The summed E-state index contributed by atoms with van der Waals surface area (Å²) < 4.78 is 10.7. The second-order valence-corrected chi connectivity index (χ2v) is 3.88. The van der Waals surface area contributed by atoms with Gasteiger partial charge in [0.05, 0.1) is 19.3 Å². The van der Waals surface area contributed by atoms with E-state index in [9.17, 15) is 4.79 Å². The molecule has 0 amide bonds. The third-order valence-corrected chi connectivity index (χ3v) is 2.38. The van der Waals surface area contributed by atoms with Gasteiger partial charge in [-0.3, -0.25) is 4.79 Å². The molecule has 0 bridgehead atoms. The Kier molecular flexibility index (Phi) is 6.51. The summed E-state index contributed by atoms with van der Waals surface area (Å²) in [6, 6.07) is 9.28. The second kappa shape index (κ2) is 7.98. The first-order valence-electron chi connectivity index (χ1n) is 6.01. The Labute approximate surface area is 103 Å². The molecular formula is C14H20O3. The maximum atomic E-state index is 11.7. The van der Waals surface area contributed by atoms with Gasteiger partial charge in [-0.2, -0.15) is 0 Å². The molecule has 17 heavy (non-hydrogen) atoms. The Bertz CT molecular complexity index is 321. The highest BCUT2D eigenvalue weighted by atomic mass is 16.5. The summed E-state index contributed by atoms with van der Waals surface area (Å²) in [5, 5.41) is 0. The summed E-state index contributed by atoms with van der Waals surface area (Å²) >= 11 is 0. The number of ether oxygens (including phenoxy) is 2. The van der Waals surface area contributed by atoms with E-state index in [1.54, 1.807) is 0 Å². The summed E-state index contributed by atoms with van der Waals surface area (Å²) in [6.45, 7) is 5.61. The molecule has 0 aromatic heterocycles. The van der Waals surface area contributed by atoms with Crippen molar-refractivity contribution in [3.63, 3.8) is 0 Å². The molecule has 0 N–H and O–H groups in total. The fraction of sp³-hybridized carbons (Fsp3) is 0.500. The van der Waals surface area contributed by atoms with Crippen molar-refractivity contribution in [3.05, 3.63) is 35.9 Å². The third-order valence-electron chi connectivity index (χ3n) is 2.38. The van der Waals surface area contributed by atoms with Gasteiger partial charge in [-0.25, -0.2) is 0 Å². The SMILES string of the molecule is CCOCC(C)OCCC(=O)c1ccccc1. The van der Waals surface area contributed by atoms with Crippen LogP contribution in [-0.2, 0) is 9.47 Å². The molecule has 0 aliphatic rings. The van der Waals surface area contributed by atoms with Gasteiger partial charge in [0.2, 0.25) is 0 Å². The average Bonchev–Trinajstić information content (AvgIpc) is 2.37. The maximum Gasteiger partial charge on any atom is 0.165 e. The lowest BCUT2D eigenvalue weighted by Gasteiger charge is -2.12. The molecule has 3 nitrogen and oxygen atoms in total. The summed E-state index contributed by atoms with van der Waals surface area (Å²) in [5.41, 5.74) is 0.744. The molecule has 0 fully saturated rings. The molecule has 0 saturated heterocycles. The minimum Gasteiger partial charge on any atom is -0.379 e. The van der Waals surface area contributed by atoms with Crippen molar-refractivity contribution >= 4 is 5.78 Å². The first-order chi connectivity index (χ1) is 8.24. The van der Waals surface area contributed by atoms with Crippen LogP contribution in [0.1, 0.15) is 30.6 Å². The van der Waals surface area contributed by atoms with Gasteiger partial charge in [0, 0.05) is 18.6 Å². The predicted octanol–water partition coefficient (Wildman–Crippen LogP) is 2.70. The van der Waals surface area contributed by atoms with Gasteiger partial charge in [-0.05, 0) is 13.8 Å². The highest BCUT2D eigenvalue weighted by Gasteiger charge is 2.07. The molecular weight excluding hydrogens is 216 g/mol. The Hall–Kier alpha value is -1.19. The van der Waals surface area contributed by atoms with Gasteiger partial charge in [0.1, 0.15) is 0 Å². The van der Waals surface area contributed by atoms with Gasteiger partial charge < -0.3 is 9.47 Å². The van der Waals surface area contributed by atoms with E-state index in [2.05, 4.69) is 0 Å². The van der Waals surface area contributed by atoms with E-state index >= 15 is 0 Å². The molecule has 0 radical (unpaired) electrons. The number of hydrogen-bond acceptors (Lipinski definition) is 3. The molecule has 1 aromatic carbocycles. The van der Waals surface area contributed by atoms with Crippen LogP contribution in [0.3, 0.4) is 0 Å². The van der Waals surface area contributed by atoms with Crippen LogP contribution in [0.25, 0.3) is 0 Å². The minimum absolute atomic E-state index is 0.0403. The molecule has 1 atom stereocenters. The number of hydrogen-bond donors (Lipinski definition) is 0. The molecule has 1 aromatic rings. The fourth-order valence-corrected chi connectivity index (χ4v) is 1.45. The van der Waals surface area contributed by atoms with Crippen LogP contribution >= 0.6 is 0 Å². The van der Waals surface area contributed by atoms with E-state index in [-0.39, 0.29) is 11.9 Å². The smallest absolute Gasteiger partial charge is 0.165 e. The Morgan fingerprint density at radius 2 is 2.00 bits per heavy atom. The van der Waals surface area contributed by atoms with Crippen molar-refractivity contribution in [2.45, 2.75) is 26.4 Å². The highest BCUT2D eigenvalue weighted by molar-refractivity contribution is 5.96. The molecule has 0 heterocycles. The van der Waals surface area contributed by atoms with E-state index < -0.39 is 0 Å². The molecule has 0 aliphatic carbocycles. The number of carbonyl (C=O) groups excluding carboxylic acids is 1. The van der Waals surface area contributed by atoms with Crippen LogP contribution < -0.4 is 0 Å². The summed E-state index contributed by atoms with van der Waals surface area (Å²) in [4.78, 5) is 11.7. The number of ketones is 1. The van der Waals surface area contributed by atoms with E-state index in [1.807, 2.05) is 44.2 Å². The molecule has 1 rings (SSSR count). The van der Waals surface area contributed by atoms with E-state index in [1.165, 1.54) is 0 Å². The summed E-state index contributed by atoms with van der Waals surface area (Å²) in [5.74, 6) is 0.120. The second-order valence-electron chi connectivity index (χ2n) is 3.88. The van der Waals surface area contributed by atoms with Crippen molar-refractivity contribution in [1.29, 1.82) is 0 Å². The Morgan fingerprint density at radius 1 is 1.29 bits per heavy atom. The van der Waals surface area contributed by atoms with Crippen LogP contribution in [0.5, 0.6) is 0 Å². The number of rotatable bonds is 8. The standard InChI is InChI=1S/C14H20O3/c1-3-16-11-12(2)17-10-9-14(15)13-7-5-4-6-8-13/h4-8,12H,3,9-11H2,1-2H3. The monoisotopic (exact) mass is 236 g/mol. The van der Waals surface area contributed by atoms with Crippen molar-refractivity contribution in [3.8, 4) is 0 Å². The van der Waals surface area contributed by atoms with Gasteiger partial charge >= 0.3 is 0 Å². The van der Waals surface area contributed by atoms with Crippen LogP contribution in [-0.4, -0.2) is 31.7 Å². The average molecular weight is 236 g/mol. The van der Waals surface area contributed by atoms with Gasteiger partial charge in [-0.1, -0.05) is 30.3 Å². The molecule has 1 unspecified atom stereocenters. The largest absolute Gasteiger partial charge is 0.379 e. The summed E-state index contributed by atoms with van der Waals surface area (Å²) in [6.07, 6.45) is 0.457. The van der Waals surface area contributed by atoms with Crippen LogP contribution in [0, 0.1) is 0 Å². The zero-order valence-corrected chi connectivity index (χ0v) is 10.5. The molecule has 0 aliphatic heterocycles. The third kappa shape index (κ3) is 5.61. The van der Waals surface area contributed by atoms with Crippen molar-refractivity contribution in [2.75, 3.05) is 19.8 Å². The van der Waals surface area contributed by atoms with Gasteiger partial charge in [0.25, 0.3) is 0 Å². The van der Waals surface area contributed by atoms with Crippen LogP contribution in [0.4, 0.5) is 0 Å². The van der Waals surface area contributed by atoms with Crippen molar-refractivity contribution in [1.82, 2.24) is 0 Å². The highest BCUT2D eigenvalue weighted by Crippen LogP contribution is 2.04. The first-order valence-corrected chi connectivity index (χ1v) is 6.01. The first kappa shape index (κ1) is 13.9. The van der Waals surface area contributed by atoms with Crippen molar-refractivity contribution in [2.24, 2.45) is 0 Å². The Balaban J connectivity index is 2.21.